The first-order valence-electron chi connectivity index (χ1n) is 5.18. The van der Waals surface area contributed by atoms with Crippen LogP contribution >= 0.6 is 0 Å². The van der Waals surface area contributed by atoms with Gasteiger partial charge in [0.05, 0.1) is 11.4 Å². The Kier molecular flexibility index (Phi) is 2.07. The monoisotopic (exact) mass is 209 g/mol. The van der Waals surface area contributed by atoms with Gasteiger partial charge in [-0.2, -0.15) is 5.10 Å². The van der Waals surface area contributed by atoms with Gasteiger partial charge in [0.25, 0.3) is 0 Å². The molecule has 3 nitrogen and oxygen atoms in total. The number of aromatic nitrogens is 3. The van der Waals surface area contributed by atoms with E-state index >= 15 is 0 Å². The molecule has 2 aromatic heterocycles. The number of nitrogens with zero attached hydrogens (tertiary/aromatic N) is 2. The molecule has 0 saturated heterocycles. The summed E-state index contributed by atoms with van der Waals surface area (Å²) in [6.07, 6.45) is 5.65. The first-order valence-corrected chi connectivity index (χ1v) is 5.18. The van der Waals surface area contributed by atoms with Crippen LogP contribution in [0.1, 0.15) is 0 Å². The summed E-state index contributed by atoms with van der Waals surface area (Å²) in [5.74, 6) is 0. The van der Waals surface area contributed by atoms with Crippen LogP contribution in [0.5, 0.6) is 0 Å². The van der Waals surface area contributed by atoms with Crippen LogP contribution in [0.4, 0.5) is 0 Å². The van der Waals surface area contributed by atoms with E-state index in [1.807, 2.05) is 47.4 Å². The second-order valence-electron chi connectivity index (χ2n) is 3.55. The van der Waals surface area contributed by atoms with Gasteiger partial charge in [-0.05, 0) is 12.1 Å². The summed E-state index contributed by atoms with van der Waals surface area (Å²) in [4.78, 5) is 3.25. The lowest BCUT2D eigenvalue weighted by Gasteiger charge is -2.03. The lowest BCUT2D eigenvalue weighted by atomic mass is 10.1. The Bertz CT molecular complexity index is 564. The maximum atomic E-state index is 4.24. The minimum atomic E-state index is 1.07. The summed E-state index contributed by atoms with van der Waals surface area (Å²) < 4.78 is 1.86. The first-order chi connectivity index (χ1) is 7.95. The zero-order chi connectivity index (χ0) is 10.8. The van der Waals surface area contributed by atoms with Gasteiger partial charge in [-0.25, -0.2) is 4.68 Å². The van der Waals surface area contributed by atoms with E-state index in [2.05, 4.69) is 22.2 Å². The average molecular weight is 209 g/mol. The molecule has 0 fully saturated rings. The minimum Gasteiger partial charge on any atom is -0.359 e. The molecule has 1 aromatic carbocycles. The molecule has 0 radical (unpaired) electrons. The van der Waals surface area contributed by atoms with Crippen molar-refractivity contribution >= 4 is 0 Å². The molecule has 0 aliphatic rings. The molecular weight excluding hydrogens is 198 g/mol. The highest BCUT2D eigenvalue weighted by molar-refractivity contribution is 5.69. The van der Waals surface area contributed by atoms with Crippen molar-refractivity contribution in [2.75, 3.05) is 0 Å². The van der Waals surface area contributed by atoms with Gasteiger partial charge in [-0.15, -0.1) is 0 Å². The van der Waals surface area contributed by atoms with Crippen molar-refractivity contribution in [3.63, 3.8) is 0 Å². The molecule has 0 aliphatic carbocycles. The average Bonchev–Trinajstić information content (AvgIpc) is 3.01. The van der Waals surface area contributed by atoms with E-state index in [0.717, 1.165) is 16.9 Å². The van der Waals surface area contributed by atoms with Crippen LogP contribution in [0, 0.1) is 0 Å². The molecule has 0 aliphatic heterocycles. The van der Waals surface area contributed by atoms with E-state index in [-0.39, 0.29) is 0 Å². The number of aromatic amines is 1. The van der Waals surface area contributed by atoms with E-state index in [4.69, 9.17) is 0 Å². The van der Waals surface area contributed by atoms with Crippen LogP contribution < -0.4 is 0 Å². The van der Waals surface area contributed by atoms with E-state index in [1.165, 1.54) is 0 Å². The minimum absolute atomic E-state index is 1.07. The van der Waals surface area contributed by atoms with Gasteiger partial charge >= 0.3 is 0 Å². The van der Waals surface area contributed by atoms with Gasteiger partial charge in [-0.1, -0.05) is 30.3 Å². The molecule has 3 aromatic rings. The highest BCUT2D eigenvalue weighted by Crippen LogP contribution is 2.24. The summed E-state index contributed by atoms with van der Waals surface area (Å²) in [5.41, 5.74) is 3.32. The maximum Gasteiger partial charge on any atom is 0.0900 e. The first kappa shape index (κ1) is 8.97. The number of nitrogens with one attached hydrogen (secondary N) is 1. The third kappa shape index (κ3) is 1.42. The Balaban J connectivity index is 2.14. The summed E-state index contributed by atoms with van der Waals surface area (Å²) in [6.45, 7) is 0. The summed E-state index contributed by atoms with van der Waals surface area (Å²) in [6, 6.07) is 14.2. The molecular formula is C13H11N3. The molecule has 16 heavy (non-hydrogen) atoms. The van der Waals surface area contributed by atoms with Crippen LogP contribution in [0.3, 0.4) is 0 Å². The summed E-state index contributed by atoms with van der Waals surface area (Å²) >= 11 is 0. The largest absolute Gasteiger partial charge is 0.359 e. The van der Waals surface area contributed by atoms with E-state index < -0.39 is 0 Å². The SMILES string of the molecule is c1ccc(-c2[nH]ccc2-n2cccn2)cc1. The fraction of sp³-hybridized carbons (Fsp3) is 0. The number of hydrogen-bond donors (Lipinski definition) is 1. The lowest BCUT2D eigenvalue weighted by Crippen LogP contribution is -1.94. The van der Waals surface area contributed by atoms with Gasteiger partial charge in [-0.3, -0.25) is 0 Å². The third-order valence-corrected chi connectivity index (χ3v) is 2.54. The van der Waals surface area contributed by atoms with Crippen molar-refractivity contribution in [1.82, 2.24) is 14.8 Å². The molecule has 0 saturated carbocycles. The Morgan fingerprint density at radius 2 is 1.88 bits per heavy atom. The zero-order valence-corrected chi connectivity index (χ0v) is 8.67. The Morgan fingerprint density at radius 1 is 1.00 bits per heavy atom. The van der Waals surface area contributed by atoms with Crippen molar-refractivity contribution in [1.29, 1.82) is 0 Å². The van der Waals surface area contributed by atoms with Crippen molar-refractivity contribution < 1.29 is 0 Å². The van der Waals surface area contributed by atoms with Gasteiger partial charge in [0.2, 0.25) is 0 Å². The molecule has 3 heteroatoms. The van der Waals surface area contributed by atoms with Crippen molar-refractivity contribution in [3.8, 4) is 16.9 Å². The van der Waals surface area contributed by atoms with Crippen LogP contribution in [0.25, 0.3) is 16.9 Å². The fourth-order valence-electron chi connectivity index (χ4n) is 1.80. The highest BCUT2D eigenvalue weighted by atomic mass is 15.3. The van der Waals surface area contributed by atoms with Gasteiger partial charge in [0.1, 0.15) is 0 Å². The van der Waals surface area contributed by atoms with Gasteiger partial charge in [0, 0.05) is 24.2 Å². The van der Waals surface area contributed by atoms with Gasteiger partial charge < -0.3 is 4.98 Å². The molecule has 0 amide bonds. The molecule has 0 bridgehead atoms. The second kappa shape index (κ2) is 3.70. The Labute approximate surface area is 93.4 Å². The summed E-state index contributed by atoms with van der Waals surface area (Å²) in [5, 5.41) is 4.24. The van der Waals surface area contributed by atoms with Crippen molar-refractivity contribution in [2.24, 2.45) is 0 Å². The second-order valence-corrected chi connectivity index (χ2v) is 3.55. The predicted molar refractivity (Wildman–Crippen MR) is 63.4 cm³/mol. The van der Waals surface area contributed by atoms with Crippen LogP contribution in [-0.4, -0.2) is 14.8 Å². The quantitative estimate of drug-likeness (QED) is 0.691. The normalized spacial score (nSPS) is 10.5. The highest BCUT2D eigenvalue weighted by Gasteiger charge is 2.07. The van der Waals surface area contributed by atoms with E-state index in [0.29, 0.717) is 0 Å². The zero-order valence-electron chi connectivity index (χ0n) is 8.67. The van der Waals surface area contributed by atoms with E-state index in [9.17, 15) is 0 Å². The summed E-state index contributed by atoms with van der Waals surface area (Å²) in [7, 11) is 0. The van der Waals surface area contributed by atoms with Crippen LogP contribution in [0.15, 0.2) is 61.1 Å². The number of benzene rings is 1. The number of hydrogen-bond acceptors (Lipinski definition) is 1. The van der Waals surface area contributed by atoms with Crippen LogP contribution in [-0.2, 0) is 0 Å². The molecule has 1 N–H and O–H groups in total. The topological polar surface area (TPSA) is 33.6 Å². The van der Waals surface area contributed by atoms with E-state index in [1.54, 1.807) is 6.20 Å². The fourth-order valence-corrected chi connectivity index (χ4v) is 1.80. The maximum absolute atomic E-state index is 4.24. The van der Waals surface area contributed by atoms with Crippen molar-refractivity contribution in [3.05, 3.63) is 61.1 Å². The Hall–Kier alpha value is -2.29. The third-order valence-electron chi connectivity index (χ3n) is 2.54. The molecule has 0 unspecified atom stereocenters. The number of rotatable bonds is 2. The molecule has 3 rings (SSSR count). The lowest BCUT2D eigenvalue weighted by molar-refractivity contribution is 0.884. The smallest absolute Gasteiger partial charge is 0.0900 e. The molecule has 0 spiro atoms. The standard InChI is InChI=1S/C13H11N3/c1-2-5-11(6-3-1)13-12(7-9-14-13)16-10-4-8-15-16/h1-10,14H. The van der Waals surface area contributed by atoms with Gasteiger partial charge in [0.15, 0.2) is 0 Å². The number of H-pyrrole nitrogens is 1. The molecule has 78 valence electrons. The van der Waals surface area contributed by atoms with Crippen molar-refractivity contribution in [2.45, 2.75) is 0 Å². The van der Waals surface area contributed by atoms with Crippen LogP contribution in [0.2, 0.25) is 0 Å². The predicted octanol–water partition coefficient (Wildman–Crippen LogP) is 2.87. The Morgan fingerprint density at radius 3 is 2.62 bits per heavy atom. The molecule has 2 heterocycles. The molecule has 0 atom stereocenters.